The summed E-state index contributed by atoms with van der Waals surface area (Å²) in [4.78, 5) is 38.5. The van der Waals surface area contributed by atoms with E-state index in [1.54, 1.807) is 25.1 Å². The lowest BCUT2D eigenvalue weighted by Crippen LogP contribution is -2.08. The number of aliphatic carboxylic acids is 1. The van der Waals surface area contributed by atoms with E-state index in [2.05, 4.69) is 10.1 Å². The predicted octanol–water partition coefficient (Wildman–Crippen LogP) is 2.84. The van der Waals surface area contributed by atoms with Crippen LogP contribution in [-0.2, 0) is 16.0 Å². The molecular formula is C17H13ClN2O6. The van der Waals surface area contributed by atoms with Crippen molar-refractivity contribution in [3.63, 3.8) is 0 Å². The minimum Gasteiger partial charge on any atom is -0.481 e. The van der Waals surface area contributed by atoms with Crippen molar-refractivity contribution in [2.45, 2.75) is 13.3 Å². The maximum Gasteiger partial charge on any atom is 0.360 e. The summed E-state index contributed by atoms with van der Waals surface area (Å²) in [5, 5.41) is 13.6. The van der Waals surface area contributed by atoms with Crippen LogP contribution in [-0.4, -0.2) is 39.6 Å². The Kier molecular flexibility index (Phi) is 4.77. The predicted molar refractivity (Wildman–Crippen MR) is 90.5 cm³/mol. The summed E-state index contributed by atoms with van der Waals surface area (Å²) >= 11 is 5.97. The van der Waals surface area contributed by atoms with Gasteiger partial charge >= 0.3 is 11.9 Å². The fraction of sp³-hybridized carbons (Fsp3) is 0.176. The maximum atomic E-state index is 12.8. The number of ether oxygens (including phenoxy) is 1. The smallest absolute Gasteiger partial charge is 0.360 e. The molecule has 26 heavy (non-hydrogen) atoms. The molecule has 0 saturated heterocycles. The Morgan fingerprint density at radius 1 is 1.31 bits per heavy atom. The fourth-order valence-electron chi connectivity index (χ4n) is 2.56. The highest BCUT2D eigenvalue weighted by atomic mass is 35.5. The number of carboxylic acid groups (broad SMARTS) is 1. The summed E-state index contributed by atoms with van der Waals surface area (Å²) in [7, 11) is 0. The zero-order valence-electron chi connectivity index (χ0n) is 13.5. The van der Waals surface area contributed by atoms with Crippen molar-refractivity contribution in [3.8, 4) is 0 Å². The first-order valence-corrected chi connectivity index (χ1v) is 7.99. The van der Waals surface area contributed by atoms with Gasteiger partial charge in [0.1, 0.15) is 0 Å². The Bertz CT molecular complexity index is 1020. The Labute approximate surface area is 151 Å². The summed E-state index contributed by atoms with van der Waals surface area (Å²) in [6.07, 6.45) is -0.389. The van der Waals surface area contributed by atoms with Crippen LogP contribution in [0.2, 0.25) is 5.02 Å². The summed E-state index contributed by atoms with van der Waals surface area (Å²) in [6, 6.07) is 5.99. The number of carboxylic acids is 1. The Balaban J connectivity index is 2.05. The normalized spacial score (nSPS) is 10.8. The molecule has 0 saturated carbocycles. The molecular weight excluding hydrogens is 364 g/mol. The first-order valence-electron chi connectivity index (χ1n) is 7.61. The SMILES string of the molecule is CCOC(=O)c1cc(C(=O)c2[nH]c3ccc(Cl)cc3c2CC(=O)O)on1. The van der Waals surface area contributed by atoms with Gasteiger partial charge in [0.05, 0.1) is 18.7 Å². The highest BCUT2D eigenvalue weighted by Crippen LogP contribution is 2.28. The van der Waals surface area contributed by atoms with Crippen LogP contribution in [0.15, 0.2) is 28.8 Å². The molecule has 0 radical (unpaired) electrons. The molecule has 0 fully saturated rings. The number of esters is 1. The van der Waals surface area contributed by atoms with Crippen LogP contribution in [0.1, 0.15) is 39.2 Å². The molecule has 0 atom stereocenters. The molecule has 1 aromatic carbocycles. The fourth-order valence-corrected chi connectivity index (χ4v) is 2.73. The number of H-pyrrole nitrogens is 1. The molecule has 0 bridgehead atoms. The van der Waals surface area contributed by atoms with E-state index in [1.165, 1.54) is 0 Å². The molecule has 0 spiro atoms. The number of hydrogen-bond acceptors (Lipinski definition) is 6. The third-order valence-corrected chi connectivity index (χ3v) is 3.88. The van der Waals surface area contributed by atoms with E-state index in [-0.39, 0.29) is 35.7 Å². The summed E-state index contributed by atoms with van der Waals surface area (Å²) in [6.45, 7) is 1.79. The Morgan fingerprint density at radius 3 is 2.77 bits per heavy atom. The lowest BCUT2D eigenvalue weighted by molar-refractivity contribution is -0.136. The van der Waals surface area contributed by atoms with Crippen LogP contribution in [0.5, 0.6) is 0 Å². The topological polar surface area (TPSA) is 122 Å². The molecule has 0 aliphatic heterocycles. The number of ketones is 1. The van der Waals surface area contributed by atoms with E-state index in [0.29, 0.717) is 15.9 Å². The lowest BCUT2D eigenvalue weighted by atomic mass is 10.0. The number of rotatable bonds is 6. The van der Waals surface area contributed by atoms with Crippen LogP contribution >= 0.6 is 11.6 Å². The number of hydrogen-bond donors (Lipinski definition) is 2. The lowest BCUT2D eigenvalue weighted by Gasteiger charge is -1.99. The number of benzene rings is 1. The first kappa shape index (κ1) is 17.7. The molecule has 2 heterocycles. The van der Waals surface area contributed by atoms with Gasteiger partial charge in [0, 0.05) is 27.6 Å². The molecule has 2 aromatic heterocycles. The molecule has 3 aromatic rings. The standard InChI is InChI=1S/C17H13ClN2O6/c1-2-25-17(24)12-7-13(26-20-12)16(23)15-10(6-14(21)22)9-5-8(18)3-4-11(9)19-15/h3-5,7,19H,2,6H2,1H3,(H,21,22). The van der Waals surface area contributed by atoms with Crippen LogP contribution in [0.4, 0.5) is 0 Å². The van der Waals surface area contributed by atoms with E-state index in [0.717, 1.165) is 6.07 Å². The Hall–Kier alpha value is -3.13. The number of halogens is 1. The number of fused-ring (bicyclic) bond motifs is 1. The molecule has 8 nitrogen and oxygen atoms in total. The van der Waals surface area contributed by atoms with E-state index < -0.39 is 17.7 Å². The monoisotopic (exact) mass is 376 g/mol. The summed E-state index contributed by atoms with van der Waals surface area (Å²) in [5.74, 6) is -2.66. The van der Waals surface area contributed by atoms with Crippen LogP contribution in [0.3, 0.4) is 0 Å². The second-order valence-electron chi connectivity index (χ2n) is 5.36. The number of nitrogens with zero attached hydrogens (tertiary/aromatic N) is 1. The van der Waals surface area contributed by atoms with Crippen molar-refractivity contribution in [3.05, 3.63) is 52.0 Å². The van der Waals surface area contributed by atoms with E-state index in [4.69, 9.17) is 20.9 Å². The molecule has 0 amide bonds. The number of carbonyl (C=O) groups is 3. The molecule has 0 unspecified atom stereocenters. The number of aromatic nitrogens is 2. The zero-order chi connectivity index (χ0) is 18.8. The minimum absolute atomic E-state index is 0.0382. The van der Waals surface area contributed by atoms with Gasteiger partial charge in [0.15, 0.2) is 5.69 Å². The average molecular weight is 377 g/mol. The third kappa shape index (κ3) is 3.31. The van der Waals surface area contributed by atoms with Crippen LogP contribution in [0.25, 0.3) is 10.9 Å². The molecule has 0 aliphatic rings. The highest BCUT2D eigenvalue weighted by Gasteiger charge is 2.25. The van der Waals surface area contributed by atoms with Crippen molar-refractivity contribution in [1.29, 1.82) is 0 Å². The maximum absolute atomic E-state index is 12.8. The minimum atomic E-state index is -1.11. The van der Waals surface area contributed by atoms with Gasteiger partial charge in [-0.05, 0) is 25.1 Å². The van der Waals surface area contributed by atoms with Crippen molar-refractivity contribution in [1.82, 2.24) is 10.1 Å². The van der Waals surface area contributed by atoms with Gasteiger partial charge in [-0.25, -0.2) is 4.79 Å². The van der Waals surface area contributed by atoms with Gasteiger partial charge in [0.2, 0.25) is 11.5 Å². The average Bonchev–Trinajstić information content (AvgIpc) is 3.20. The van der Waals surface area contributed by atoms with Crippen LogP contribution in [0, 0.1) is 0 Å². The molecule has 134 valence electrons. The van der Waals surface area contributed by atoms with Crippen molar-refractivity contribution in [2.24, 2.45) is 0 Å². The zero-order valence-corrected chi connectivity index (χ0v) is 14.3. The van der Waals surface area contributed by atoms with Gasteiger partial charge in [-0.3, -0.25) is 9.59 Å². The number of aromatic amines is 1. The summed E-state index contributed by atoms with van der Waals surface area (Å²) < 4.78 is 9.73. The second kappa shape index (κ2) is 7.01. The number of carbonyl (C=O) groups excluding carboxylic acids is 2. The van der Waals surface area contributed by atoms with Crippen molar-refractivity contribution in [2.75, 3.05) is 6.61 Å². The van der Waals surface area contributed by atoms with Gasteiger partial charge in [-0.1, -0.05) is 16.8 Å². The van der Waals surface area contributed by atoms with E-state index in [9.17, 15) is 19.5 Å². The number of nitrogens with one attached hydrogen (secondary N) is 1. The molecule has 9 heteroatoms. The third-order valence-electron chi connectivity index (χ3n) is 3.64. The summed E-state index contributed by atoms with van der Waals surface area (Å²) in [5.41, 5.74) is 0.721. The molecule has 0 aliphatic carbocycles. The van der Waals surface area contributed by atoms with Gasteiger partial charge in [-0.15, -0.1) is 0 Å². The first-order chi connectivity index (χ1) is 12.4. The highest BCUT2D eigenvalue weighted by molar-refractivity contribution is 6.31. The van der Waals surface area contributed by atoms with Gasteiger partial charge < -0.3 is 19.4 Å². The molecule has 3 rings (SSSR count). The van der Waals surface area contributed by atoms with Crippen molar-refractivity contribution < 1.29 is 28.8 Å². The van der Waals surface area contributed by atoms with Gasteiger partial charge in [0.25, 0.3) is 0 Å². The Morgan fingerprint density at radius 2 is 2.08 bits per heavy atom. The van der Waals surface area contributed by atoms with E-state index >= 15 is 0 Å². The quantitative estimate of drug-likeness (QED) is 0.500. The largest absolute Gasteiger partial charge is 0.481 e. The van der Waals surface area contributed by atoms with Gasteiger partial charge in [-0.2, -0.15) is 0 Å². The molecule has 2 N–H and O–H groups in total. The van der Waals surface area contributed by atoms with Crippen molar-refractivity contribution >= 4 is 40.2 Å². The van der Waals surface area contributed by atoms with E-state index in [1.807, 2.05) is 0 Å². The van der Waals surface area contributed by atoms with Crippen LogP contribution < -0.4 is 0 Å². The second-order valence-corrected chi connectivity index (χ2v) is 5.80.